The van der Waals surface area contributed by atoms with Gasteiger partial charge in [0, 0.05) is 11.6 Å². The van der Waals surface area contributed by atoms with E-state index in [1.165, 1.54) is 12.1 Å². The standard InChI is InChI=1S/C16H18FN5O2/c1-8-5-10(17)3-4-11(8)13-12-14(18-7-19-15(12)24)22-16(21-13)20-9(2)6-23/h3-5,9,23H,6-7H2,1-2H3,(H,19,24)(H2,18,20,21,22)/t9-/m1/s1. The van der Waals surface area contributed by atoms with E-state index >= 15 is 0 Å². The first-order valence-electron chi connectivity index (χ1n) is 7.57. The molecule has 4 N–H and O–H groups in total. The highest BCUT2D eigenvalue weighted by atomic mass is 19.1. The molecule has 1 atom stereocenters. The molecule has 1 aromatic carbocycles. The van der Waals surface area contributed by atoms with Gasteiger partial charge in [-0.15, -0.1) is 0 Å². The smallest absolute Gasteiger partial charge is 0.258 e. The van der Waals surface area contributed by atoms with Crippen molar-refractivity contribution in [2.75, 3.05) is 23.9 Å². The summed E-state index contributed by atoms with van der Waals surface area (Å²) >= 11 is 0. The second-order valence-electron chi connectivity index (χ2n) is 5.67. The van der Waals surface area contributed by atoms with Gasteiger partial charge in [0.15, 0.2) is 0 Å². The number of hydrogen-bond donors (Lipinski definition) is 4. The summed E-state index contributed by atoms with van der Waals surface area (Å²) in [5, 5.41) is 17.9. The highest BCUT2D eigenvalue weighted by molar-refractivity contribution is 6.06. The predicted octanol–water partition coefficient (Wildman–Crippen LogP) is 1.50. The summed E-state index contributed by atoms with van der Waals surface area (Å²) < 4.78 is 13.4. The van der Waals surface area contributed by atoms with Gasteiger partial charge in [0.05, 0.1) is 19.0 Å². The Kier molecular flexibility index (Phi) is 4.30. The molecule has 1 aromatic heterocycles. The highest BCUT2D eigenvalue weighted by Crippen LogP contribution is 2.31. The third-order valence-corrected chi connectivity index (χ3v) is 3.73. The number of carbonyl (C=O) groups is 1. The number of fused-ring (bicyclic) bond motifs is 1. The molecule has 0 unspecified atom stereocenters. The molecule has 0 fully saturated rings. The lowest BCUT2D eigenvalue weighted by Crippen LogP contribution is -2.36. The topological polar surface area (TPSA) is 99.2 Å². The molecule has 0 saturated heterocycles. The summed E-state index contributed by atoms with van der Waals surface area (Å²) in [6.45, 7) is 3.72. The van der Waals surface area contributed by atoms with E-state index in [1.54, 1.807) is 19.9 Å². The SMILES string of the molecule is Cc1cc(F)ccc1-c1nc(N[C@H](C)CO)nc2c1C(=O)NCN2. The zero-order valence-electron chi connectivity index (χ0n) is 13.4. The minimum Gasteiger partial charge on any atom is -0.394 e. The third-order valence-electron chi connectivity index (χ3n) is 3.73. The van der Waals surface area contributed by atoms with Crippen LogP contribution in [-0.2, 0) is 0 Å². The van der Waals surface area contributed by atoms with E-state index in [-0.39, 0.29) is 37.0 Å². The van der Waals surface area contributed by atoms with Crippen molar-refractivity contribution >= 4 is 17.7 Å². The predicted molar refractivity (Wildman–Crippen MR) is 88.3 cm³/mol. The van der Waals surface area contributed by atoms with Crippen LogP contribution in [0.2, 0.25) is 0 Å². The Bertz CT molecular complexity index is 796. The Morgan fingerprint density at radius 2 is 2.17 bits per heavy atom. The maximum Gasteiger partial charge on any atom is 0.258 e. The normalized spacial score (nSPS) is 14.4. The molecule has 2 aromatic rings. The first-order chi connectivity index (χ1) is 11.5. The molecule has 3 rings (SSSR count). The molecule has 126 valence electrons. The molecule has 8 heteroatoms. The summed E-state index contributed by atoms with van der Waals surface area (Å²) in [6.07, 6.45) is 0. The Labute approximate surface area is 138 Å². The number of aliphatic hydroxyl groups is 1. The molecule has 24 heavy (non-hydrogen) atoms. The Morgan fingerprint density at radius 3 is 2.88 bits per heavy atom. The molecule has 1 aliphatic rings. The van der Waals surface area contributed by atoms with Crippen molar-refractivity contribution in [2.45, 2.75) is 19.9 Å². The number of nitrogens with zero attached hydrogens (tertiary/aromatic N) is 2. The van der Waals surface area contributed by atoms with Crippen LogP contribution >= 0.6 is 0 Å². The van der Waals surface area contributed by atoms with Gasteiger partial charge in [-0.2, -0.15) is 4.98 Å². The highest BCUT2D eigenvalue weighted by Gasteiger charge is 2.26. The molecule has 1 aliphatic heterocycles. The fourth-order valence-corrected chi connectivity index (χ4v) is 2.52. The molecule has 0 bridgehead atoms. The Balaban J connectivity index is 2.18. The van der Waals surface area contributed by atoms with Crippen LogP contribution in [0.1, 0.15) is 22.8 Å². The number of rotatable bonds is 4. The number of halogens is 1. The molecular weight excluding hydrogens is 313 g/mol. The van der Waals surface area contributed by atoms with Crippen LogP contribution in [0.5, 0.6) is 0 Å². The van der Waals surface area contributed by atoms with Gasteiger partial charge >= 0.3 is 0 Å². The van der Waals surface area contributed by atoms with E-state index in [9.17, 15) is 14.3 Å². The molecule has 7 nitrogen and oxygen atoms in total. The first kappa shape index (κ1) is 16.1. The van der Waals surface area contributed by atoms with Crippen LogP contribution in [0.15, 0.2) is 18.2 Å². The number of amides is 1. The van der Waals surface area contributed by atoms with Gasteiger partial charge in [0.1, 0.15) is 17.2 Å². The monoisotopic (exact) mass is 331 g/mol. The zero-order chi connectivity index (χ0) is 17.3. The van der Waals surface area contributed by atoms with Crippen LogP contribution in [0, 0.1) is 12.7 Å². The van der Waals surface area contributed by atoms with E-state index < -0.39 is 0 Å². The quantitative estimate of drug-likeness (QED) is 0.678. The van der Waals surface area contributed by atoms with Gasteiger partial charge in [-0.05, 0) is 37.6 Å². The second-order valence-corrected chi connectivity index (χ2v) is 5.67. The van der Waals surface area contributed by atoms with Gasteiger partial charge in [0.2, 0.25) is 5.95 Å². The lowest BCUT2D eigenvalue weighted by molar-refractivity contribution is 0.0952. The van der Waals surface area contributed by atoms with Gasteiger partial charge in [0.25, 0.3) is 5.91 Å². The molecule has 0 aliphatic carbocycles. The fraction of sp³-hybridized carbons (Fsp3) is 0.312. The summed E-state index contributed by atoms with van der Waals surface area (Å²) in [5.41, 5.74) is 2.04. The van der Waals surface area contributed by atoms with E-state index in [1.807, 2.05) is 0 Å². The van der Waals surface area contributed by atoms with Crippen molar-refractivity contribution in [3.63, 3.8) is 0 Å². The fourth-order valence-electron chi connectivity index (χ4n) is 2.52. The molecule has 2 heterocycles. The first-order valence-corrected chi connectivity index (χ1v) is 7.57. The third kappa shape index (κ3) is 3.00. The molecule has 0 saturated carbocycles. The summed E-state index contributed by atoms with van der Waals surface area (Å²) in [7, 11) is 0. The Morgan fingerprint density at radius 1 is 1.38 bits per heavy atom. The minimum atomic E-state index is -0.353. The average Bonchev–Trinajstić information content (AvgIpc) is 2.54. The maximum atomic E-state index is 13.4. The van der Waals surface area contributed by atoms with Gasteiger partial charge in [-0.3, -0.25) is 4.79 Å². The van der Waals surface area contributed by atoms with Crippen LogP contribution in [0.4, 0.5) is 16.2 Å². The summed E-state index contributed by atoms with van der Waals surface area (Å²) in [5.74, 6) is 0.0505. The van der Waals surface area contributed by atoms with Crippen LogP contribution in [0.25, 0.3) is 11.3 Å². The van der Waals surface area contributed by atoms with Crippen molar-refractivity contribution < 1.29 is 14.3 Å². The van der Waals surface area contributed by atoms with Crippen LogP contribution in [0.3, 0.4) is 0 Å². The largest absolute Gasteiger partial charge is 0.394 e. The van der Waals surface area contributed by atoms with Crippen molar-refractivity contribution in [1.29, 1.82) is 0 Å². The number of nitrogens with one attached hydrogen (secondary N) is 3. The summed E-state index contributed by atoms with van der Waals surface area (Å²) in [6, 6.07) is 4.06. The number of aromatic nitrogens is 2. The number of aliphatic hydroxyl groups excluding tert-OH is 1. The van der Waals surface area contributed by atoms with E-state index in [4.69, 9.17) is 0 Å². The zero-order valence-corrected chi connectivity index (χ0v) is 13.4. The molecule has 0 radical (unpaired) electrons. The lowest BCUT2D eigenvalue weighted by Gasteiger charge is -2.22. The molecule has 0 spiro atoms. The van der Waals surface area contributed by atoms with E-state index in [0.717, 1.165) is 0 Å². The van der Waals surface area contributed by atoms with Gasteiger partial charge in [-0.1, -0.05) is 0 Å². The number of carbonyl (C=O) groups excluding carboxylic acids is 1. The van der Waals surface area contributed by atoms with Crippen molar-refractivity contribution in [3.05, 3.63) is 35.1 Å². The molecular formula is C16H18FN5O2. The number of benzene rings is 1. The van der Waals surface area contributed by atoms with Gasteiger partial charge < -0.3 is 21.1 Å². The Hall–Kier alpha value is -2.74. The number of aryl methyl sites for hydroxylation is 1. The van der Waals surface area contributed by atoms with Crippen molar-refractivity contribution in [3.8, 4) is 11.3 Å². The van der Waals surface area contributed by atoms with Crippen LogP contribution in [-0.4, -0.2) is 40.3 Å². The van der Waals surface area contributed by atoms with Crippen molar-refractivity contribution in [1.82, 2.24) is 15.3 Å². The number of anilines is 2. The summed E-state index contributed by atoms with van der Waals surface area (Å²) in [4.78, 5) is 21.0. The maximum absolute atomic E-state index is 13.4. The molecule has 1 amide bonds. The van der Waals surface area contributed by atoms with E-state index in [0.29, 0.717) is 28.2 Å². The number of hydrogen-bond acceptors (Lipinski definition) is 6. The van der Waals surface area contributed by atoms with Crippen molar-refractivity contribution in [2.24, 2.45) is 0 Å². The second kappa shape index (κ2) is 6.40. The van der Waals surface area contributed by atoms with Gasteiger partial charge in [-0.25, -0.2) is 9.37 Å². The lowest BCUT2D eigenvalue weighted by atomic mass is 10.0. The van der Waals surface area contributed by atoms with E-state index in [2.05, 4.69) is 25.9 Å². The average molecular weight is 331 g/mol. The minimum absolute atomic E-state index is 0.0841. The van der Waals surface area contributed by atoms with Crippen LogP contribution < -0.4 is 16.0 Å².